The number of benzene rings is 1. The third-order valence-corrected chi connectivity index (χ3v) is 2.42. The van der Waals surface area contributed by atoms with Gasteiger partial charge in [0.15, 0.2) is 0 Å². The van der Waals surface area contributed by atoms with Gasteiger partial charge in [-0.05, 0) is 45.4 Å². The van der Waals surface area contributed by atoms with Gasteiger partial charge in [-0.3, -0.25) is 0 Å². The SMILES string of the molecule is C/C(=C/c1ccc(F)c(C#N)c1)CNC(C)(C)C. The summed E-state index contributed by atoms with van der Waals surface area (Å²) in [7, 11) is 0. The predicted molar refractivity (Wildman–Crippen MR) is 72.5 cm³/mol. The van der Waals surface area contributed by atoms with Crippen LogP contribution in [0.4, 0.5) is 4.39 Å². The molecule has 2 nitrogen and oxygen atoms in total. The van der Waals surface area contributed by atoms with E-state index in [0.29, 0.717) is 0 Å². The molecule has 0 saturated carbocycles. The van der Waals surface area contributed by atoms with Crippen molar-refractivity contribution in [2.75, 3.05) is 6.54 Å². The Labute approximate surface area is 108 Å². The quantitative estimate of drug-likeness (QED) is 0.886. The summed E-state index contributed by atoms with van der Waals surface area (Å²) in [6.45, 7) is 9.08. The second-order valence-corrected chi connectivity index (χ2v) is 5.45. The van der Waals surface area contributed by atoms with Crippen molar-refractivity contribution in [2.24, 2.45) is 0 Å². The van der Waals surface area contributed by atoms with Gasteiger partial charge in [-0.1, -0.05) is 17.7 Å². The van der Waals surface area contributed by atoms with Gasteiger partial charge in [0.1, 0.15) is 11.9 Å². The molecule has 18 heavy (non-hydrogen) atoms. The molecule has 0 bridgehead atoms. The number of nitriles is 1. The molecule has 0 spiro atoms. The largest absolute Gasteiger partial charge is 0.308 e. The summed E-state index contributed by atoms with van der Waals surface area (Å²) >= 11 is 0. The van der Waals surface area contributed by atoms with Gasteiger partial charge in [0.05, 0.1) is 5.56 Å². The molecule has 3 heteroatoms. The van der Waals surface area contributed by atoms with Gasteiger partial charge in [0, 0.05) is 12.1 Å². The Kier molecular flexibility index (Phi) is 4.63. The normalized spacial score (nSPS) is 12.3. The van der Waals surface area contributed by atoms with E-state index in [0.717, 1.165) is 17.7 Å². The summed E-state index contributed by atoms with van der Waals surface area (Å²) in [5, 5.41) is 12.1. The number of nitrogens with zero attached hydrogens (tertiary/aromatic N) is 1. The standard InChI is InChI=1S/C15H19FN2/c1-11(10-18-15(2,3)4)7-12-5-6-14(16)13(8-12)9-17/h5-8,18H,10H2,1-4H3/b11-7-. The van der Waals surface area contributed by atoms with Crippen LogP contribution in [0.2, 0.25) is 0 Å². The summed E-state index contributed by atoms with van der Waals surface area (Å²) in [6.07, 6.45) is 1.96. The van der Waals surface area contributed by atoms with Gasteiger partial charge in [-0.25, -0.2) is 4.39 Å². The molecule has 0 saturated heterocycles. The molecular weight excluding hydrogens is 227 g/mol. The van der Waals surface area contributed by atoms with Gasteiger partial charge in [-0.15, -0.1) is 0 Å². The van der Waals surface area contributed by atoms with Crippen LogP contribution in [0, 0.1) is 17.1 Å². The van der Waals surface area contributed by atoms with Crippen molar-refractivity contribution in [1.82, 2.24) is 5.32 Å². The van der Waals surface area contributed by atoms with E-state index in [2.05, 4.69) is 26.1 Å². The number of halogens is 1. The lowest BCUT2D eigenvalue weighted by atomic mass is 10.1. The molecule has 1 aromatic rings. The minimum absolute atomic E-state index is 0.0652. The topological polar surface area (TPSA) is 35.8 Å². The lowest BCUT2D eigenvalue weighted by Gasteiger charge is -2.20. The Morgan fingerprint density at radius 1 is 1.44 bits per heavy atom. The van der Waals surface area contributed by atoms with Crippen LogP contribution < -0.4 is 5.32 Å². The Balaban J connectivity index is 2.80. The van der Waals surface area contributed by atoms with E-state index < -0.39 is 5.82 Å². The number of nitrogens with one attached hydrogen (secondary N) is 1. The monoisotopic (exact) mass is 246 g/mol. The summed E-state index contributed by atoms with van der Waals surface area (Å²) in [5.41, 5.74) is 2.14. The smallest absolute Gasteiger partial charge is 0.140 e. The van der Waals surface area contributed by atoms with Crippen molar-refractivity contribution in [3.63, 3.8) is 0 Å². The number of rotatable bonds is 3. The van der Waals surface area contributed by atoms with Crippen LogP contribution in [-0.2, 0) is 0 Å². The maximum absolute atomic E-state index is 13.2. The Bertz CT molecular complexity index is 490. The molecule has 0 heterocycles. The lowest BCUT2D eigenvalue weighted by Crippen LogP contribution is -2.36. The van der Waals surface area contributed by atoms with E-state index in [4.69, 9.17) is 5.26 Å². The van der Waals surface area contributed by atoms with E-state index in [1.165, 1.54) is 6.07 Å². The van der Waals surface area contributed by atoms with Crippen molar-refractivity contribution in [3.05, 3.63) is 40.7 Å². The minimum atomic E-state index is -0.472. The second kappa shape index (κ2) is 5.79. The van der Waals surface area contributed by atoms with Gasteiger partial charge < -0.3 is 5.32 Å². The van der Waals surface area contributed by atoms with Crippen molar-refractivity contribution in [1.29, 1.82) is 5.26 Å². The van der Waals surface area contributed by atoms with E-state index in [1.54, 1.807) is 12.1 Å². The van der Waals surface area contributed by atoms with Crippen molar-refractivity contribution >= 4 is 6.08 Å². The molecule has 0 atom stereocenters. The number of hydrogen-bond acceptors (Lipinski definition) is 2. The molecule has 0 fully saturated rings. The van der Waals surface area contributed by atoms with Crippen LogP contribution in [0.25, 0.3) is 6.08 Å². The van der Waals surface area contributed by atoms with Gasteiger partial charge in [0.25, 0.3) is 0 Å². The molecule has 0 aliphatic carbocycles. The van der Waals surface area contributed by atoms with Crippen LogP contribution >= 0.6 is 0 Å². The fraction of sp³-hybridized carbons (Fsp3) is 0.400. The zero-order valence-corrected chi connectivity index (χ0v) is 11.3. The molecule has 1 aromatic carbocycles. The highest BCUT2D eigenvalue weighted by Gasteiger charge is 2.08. The minimum Gasteiger partial charge on any atom is -0.308 e. The summed E-state index contributed by atoms with van der Waals surface area (Å²) < 4.78 is 13.2. The molecule has 1 N–H and O–H groups in total. The molecule has 1 rings (SSSR count). The number of hydrogen-bond donors (Lipinski definition) is 1. The van der Waals surface area contributed by atoms with Gasteiger partial charge in [-0.2, -0.15) is 5.26 Å². The fourth-order valence-electron chi connectivity index (χ4n) is 1.46. The Hall–Kier alpha value is -1.66. The van der Waals surface area contributed by atoms with Crippen LogP contribution in [0.3, 0.4) is 0 Å². The molecule has 0 unspecified atom stereocenters. The van der Waals surface area contributed by atoms with Crippen molar-refractivity contribution < 1.29 is 4.39 Å². The van der Waals surface area contributed by atoms with E-state index in [1.807, 2.05) is 19.1 Å². The maximum atomic E-state index is 13.2. The third kappa shape index (κ3) is 4.68. The van der Waals surface area contributed by atoms with Crippen molar-refractivity contribution in [3.8, 4) is 6.07 Å². The Morgan fingerprint density at radius 2 is 2.11 bits per heavy atom. The summed E-state index contributed by atoms with van der Waals surface area (Å²) in [4.78, 5) is 0. The maximum Gasteiger partial charge on any atom is 0.140 e. The Morgan fingerprint density at radius 3 is 2.67 bits per heavy atom. The molecule has 0 aromatic heterocycles. The highest BCUT2D eigenvalue weighted by atomic mass is 19.1. The fourth-order valence-corrected chi connectivity index (χ4v) is 1.46. The average Bonchev–Trinajstić information content (AvgIpc) is 2.28. The van der Waals surface area contributed by atoms with Crippen LogP contribution in [0.15, 0.2) is 23.8 Å². The first-order valence-corrected chi connectivity index (χ1v) is 5.94. The van der Waals surface area contributed by atoms with Crippen LogP contribution in [-0.4, -0.2) is 12.1 Å². The zero-order valence-electron chi connectivity index (χ0n) is 11.3. The van der Waals surface area contributed by atoms with Crippen LogP contribution in [0.1, 0.15) is 38.8 Å². The molecule has 96 valence electrons. The van der Waals surface area contributed by atoms with Crippen molar-refractivity contribution in [2.45, 2.75) is 33.2 Å². The van der Waals surface area contributed by atoms with E-state index in [-0.39, 0.29) is 11.1 Å². The predicted octanol–water partition coefficient (Wildman–Crippen LogP) is 3.49. The summed E-state index contributed by atoms with van der Waals surface area (Å²) in [6, 6.07) is 6.42. The highest BCUT2D eigenvalue weighted by molar-refractivity contribution is 5.55. The first-order chi connectivity index (χ1) is 8.31. The lowest BCUT2D eigenvalue weighted by molar-refractivity contribution is 0.445. The van der Waals surface area contributed by atoms with Gasteiger partial charge in [0.2, 0.25) is 0 Å². The first kappa shape index (κ1) is 14.4. The van der Waals surface area contributed by atoms with Gasteiger partial charge >= 0.3 is 0 Å². The van der Waals surface area contributed by atoms with E-state index in [9.17, 15) is 4.39 Å². The van der Waals surface area contributed by atoms with Crippen LogP contribution in [0.5, 0.6) is 0 Å². The molecule has 0 amide bonds. The molecule has 0 aliphatic heterocycles. The highest BCUT2D eigenvalue weighted by Crippen LogP contribution is 2.13. The second-order valence-electron chi connectivity index (χ2n) is 5.45. The third-order valence-electron chi connectivity index (χ3n) is 2.42. The first-order valence-electron chi connectivity index (χ1n) is 5.94. The average molecular weight is 246 g/mol. The van der Waals surface area contributed by atoms with E-state index >= 15 is 0 Å². The molecule has 0 aliphatic rings. The molecule has 0 radical (unpaired) electrons. The summed E-state index contributed by atoms with van der Waals surface area (Å²) in [5.74, 6) is -0.472. The molecular formula is C15H19FN2. The zero-order chi connectivity index (χ0) is 13.8.